The van der Waals surface area contributed by atoms with Gasteiger partial charge < -0.3 is 4.74 Å². The molecule has 0 aliphatic carbocycles. The number of nitrogens with one attached hydrogen (secondary N) is 1. The van der Waals surface area contributed by atoms with Gasteiger partial charge in [0.25, 0.3) is 11.8 Å². The van der Waals surface area contributed by atoms with E-state index in [1.54, 1.807) is 13.0 Å². The quantitative estimate of drug-likeness (QED) is 0.328. The van der Waals surface area contributed by atoms with Gasteiger partial charge in [-0.15, -0.1) is 0 Å². The van der Waals surface area contributed by atoms with Gasteiger partial charge in [0.05, 0.1) is 17.9 Å². The number of carbonyl (C=O) groups excluding carboxylic acids is 2. The van der Waals surface area contributed by atoms with Crippen LogP contribution in [0.5, 0.6) is 5.75 Å². The molecule has 9 heteroatoms. The molecule has 1 N–H and O–H groups in total. The normalized spacial score (nSPS) is 15.8. The van der Waals surface area contributed by atoms with E-state index in [0.29, 0.717) is 17.9 Å². The predicted octanol–water partition coefficient (Wildman–Crippen LogP) is 5.09. The van der Waals surface area contributed by atoms with E-state index >= 15 is 0 Å². The van der Waals surface area contributed by atoms with Crippen LogP contribution in [0, 0.1) is 0 Å². The molecule has 0 unspecified atom stereocenters. The summed E-state index contributed by atoms with van der Waals surface area (Å²) in [7, 11) is 0. The van der Waals surface area contributed by atoms with E-state index in [4.69, 9.17) is 17.0 Å². The van der Waals surface area contributed by atoms with E-state index < -0.39 is 23.6 Å². The fourth-order valence-electron chi connectivity index (χ4n) is 3.56. The highest BCUT2D eigenvalue weighted by atomic mass is 32.1. The molecule has 0 saturated carbocycles. The molecule has 1 saturated heterocycles. The first-order valence-electron chi connectivity index (χ1n) is 9.94. The van der Waals surface area contributed by atoms with Crippen LogP contribution in [0.2, 0.25) is 0 Å². The van der Waals surface area contributed by atoms with Gasteiger partial charge >= 0.3 is 6.18 Å². The van der Waals surface area contributed by atoms with Crippen molar-refractivity contribution in [3.05, 3.63) is 77.4 Å². The third-order valence-electron chi connectivity index (χ3n) is 5.05. The number of amides is 2. The monoisotopic (exact) mass is 470 g/mol. The number of hydrogen-bond acceptors (Lipinski definition) is 4. The zero-order valence-corrected chi connectivity index (χ0v) is 18.1. The molecule has 1 heterocycles. The number of hydrogen-bond donors (Lipinski definition) is 1. The first kappa shape index (κ1) is 22.5. The van der Waals surface area contributed by atoms with Crippen LogP contribution in [0.4, 0.5) is 18.9 Å². The maximum atomic E-state index is 13.3. The van der Waals surface area contributed by atoms with E-state index in [-0.39, 0.29) is 16.4 Å². The molecule has 4 rings (SSSR count). The molecule has 5 nitrogen and oxygen atoms in total. The average molecular weight is 470 g/mol. The lowest BCUT2D eigenvalue weighted by Crippen LogP contribution is -2.54. The Kier molecular flexibility index (Phi) is 5.90. The molecule has 0 atom stereocenters. The minimum Gasteiger partial charge on any atom is -0.493 e. The topological polar surface area (TPSA) is 58.6 Å². The Labute approximate surface area is 192 Å². The Bertz CT molecular complexity index is 1320. The summed E-state index contributed by atoms with van der Waals surface area (Å²) in [6.07, 6.45) is -3.22. The van der Waals surface area contributed by atoms with Crippen molar-refractivity contribution in [2.45, 2.75) is 13.1 Å². The van der Waals surface area contributed by atoms with Crippen LogP contribution >= 0.6 is 12.2 Å². The molecule has 3 aromatic carbocycles. The van der Waals surface area contributed by atoms with E-state index in [1.165, 1.54) is 18.2 Å². The summed E-state index contributed by atoms with van der Waals surface area (Å²) in [5.74, 6) is -1.12. The minimum absolute atomic E-state index is 0.103. The lowest BCUT2D eigenvalue weighted by atomic mass is 9.99. The van der Waals surface area contributed by atoms with Crippen molar-refractivity contribution in [1.82, 2.24) is 5.32 Å². The van der Waals surface area contributed by atoms with Crippen LogP contribution in [0.1, 0.15) is 18.1 Å². The van der Waals surface area contributed by atoms with Gasteiger partial charge in [0.2, 0.25) is 0 Å². The van der Waals surface area contributed by atoms with Crippen molar-refractivity contribution in [1.29, 1.82) is 0 Å². The highest BCUT2D eigenvalue weighted by molar-refractivity contribution is 7.80. The van der Waals surface area contributed by atoms with Crippen molar-refractivity contribution in [3.63, 3.8) is 0 Å². The minimum atomic E-state index is -4.60. The number of alkyl halides is 3. The van der Waals surface area contributed by atoms with Crippen LogP contribution in [-0.4, -0.2) is 23.5 Å². The van der Waals surface area contributed by atoms with Gasteiger partial charge in [0, 0.05) is 5.56 Å². The van der Waals surface area contributed by atoms with E-state index in [9.17, 15) is 22.8 Å². The molecule has 1 aliphatic heterocycles. The van der Waals surface area contributed by atoms with Gasteiger partial charge in [-0.3, -0.25) is 19.8 Å². The van der Waals surface area contributed by atoms with Gasteiger partial charge in [-0.2, -0.15) is 13.2 Å². The Balaban J connectivity index is 1.84. The second-order valence-corrected chi connectivity index (χ2v) is 7.52. The number of carbonyl (C=O) groups is 2. The first-order chi connectivity index (χ1) is 15.7. The molecule has 168 valence electrons. The SMILES string of the molecule is CCOc1ccc2ccccc2c1/C=C1\C(=O)NC(=S)N(c2cccc(C(F)(F)F)c2)C1=O. The van der Waals surface area contributed by atoms with Crippen LogP contribution in [0.15, 0.2) is 66.2 Å². The van der Waals surface area contributed by atoms with Crippen LogP contribution in [-0.2, 0) is 15.8 Å². The fourth-order valence-corrected chi connectivity index (χ4v) is 3.84. The number of anilines is 1. The van der Waals surface area contributed by atoms with Gasteiger partial charge in [-0.05, 0) is 60.3 Å². The van der Waals surface area contributed by atoms with E-state index in [1.807, 2.05) is 30.3 Å². The number of benzene rings is 3. The Morgan fingerprint density at radius 3 is 2.55 bits per heavy atom. The van der Waals surface area contributed by atoms with Crippen molar-refractivity contribution in [2.24, 2.45) is 0 Å². The average Bonchev–Trinajstić information content (AvgIpc) is 2.77. The molecule has 33 heavy (non-hydrogen) atoms. The molecule has 0 aromatic heterocycles. The van der Waals surface area contributed by atoms with Gasteiger partial charge in [-0.1, -0.05) is 36.4 Å². The van der Waals surface area contributed by atoms with Crippen LogP contribution < -0.4 is 15.0 Å². The molecule has 0 radical (unpaired) electrons. The maximum Gasteiger partial charge on any atom is 0.416 e. The highest BCUT2D eigenvalue weighted by Crippen LogP contribution is 2.34. The summed E-state index contributed by atoms with van der Waals surface area (Å²) in [6, 6.07) is 15.1. The molecule has 0 bridgehead atoms. The second-order valence-electron chi connectivity index (χ2n) is 7.14. The Hall–Kier alpha value is -3.72. The maximum absolute atomic E-state index is 13.3. The lowest BCUT2D eigenvalue weighted by Gasteiger charge is -2.29. The van der Waals surface area contributed by atoms with E-state index in [2.05, 4.69) is 5.32 Å². The summed E-state index contributed by atoms with van der Waals surface area (Å²) in [6.45, 7) is 2.16. The Morgan fingerprint density at radius 2 is 1.82 bits per heavy atom. The number of fused-ring (bicyclic) bond motifs is 1. The molecule has 0 spiro atoms. The van der Waals surface area contributed by atoms with Crippen molar-refractivity contribution >= 4 is 51.7 Å². The molecular weight excluding hydrogens is 453 g/mol. The third-order valence-corrected chi connectivity index (χ3v) is 5.34. The van der Waals surface area contributed by atoms with Crippen molar-refractivity contribution in [3.8, 4) is 5.75 Å². The Morgan fingerprint density at radius 1 is 1.06 bits per heavy atom. The van der Waals surface area contributed by atoms with E-state index in [0.717, 1.165) is 27.8 Å². The highest BCUT2D eigenvalue weighted by Gasteiger charge is 2.37. The molecule has 3 aromatic rings. The number of halogens is 3. The fraction of sp³-hybridized carbons (Fsp3) is 0.125. The molecule has 2 amide bonds. The van der Waals surface area contributed by atoms with Crippen molar-refractivity contribution < 1.29 is 27.5 Å². The number of ether oxygens (including phenoxy) is 1. The third kappa shape index (κ3) is 4.31. The summed E-state index contributed by atoms with van der Waals surface area (Å²) >= 11 is 5.10. The largest absolute Gasteiger partial charge is 0.493 e. The number of nitrogens with zero attached hydrogens (tertiary/aromatic N) is 1. The van der Waals surface area contributed by atoms with Gasteiger partial charge in [0.1, 0.15) is 11.3 Å². The number of rotatable bonds is 4. The molecule has 1 aliphatic rings. The smallest absolute Gasteiger partial charge is 0.416 e. The zero-order chi connectivity index (χ0) is 23.8. The summed E-state index contributed by atoms with van der Waals surface area (Å²) in [5, 5.41) is 3.70. The predicted molar refractivity (Wildman–Crippen MR) is 123 cm³/mol. The van der Waals surface area contributed by atoms with Crippen LogP contribution in [0.25, 0.3) is 16.8 Å². The second kappa shape index (κ2) is 8.67. The van der Waals surface area contributed by atoms with Gasteiger partial charge in [-0.25, -0.2) is 0 Å². The lowest BCUT2D eigenvalue weighted by molar-refractivity contribution is -0.137. The molecular formula is C24H17F3N2O3S. The summed E-state index contributed by atoms with van der Waals surface area (Å²) in [5.41, 5.74) is -0.817. The van der Waals surface area contributed by atoms with Crippen LogP contribution in [0.3, 0.4) is 0 Å². The van der Waals surface area contributed by atoms with Gasteiger partial charge in [0.15, 0.2) is 5.11 Å². The molecule has 1 fully saturated rings. The zero-order valence-electron chi connectivity index (χ0n) is 17.3. The summed E-state index contributed by atoms with van der Waals surface area (Å²) < 4.78 is 45.3. The first-order valence-corrected chi connectivity index (χ1v) is 10.3. The number of thiocarbonyl (C=S) groups is 1. The standard InChI is InChI=1S/C24H17F3N2O3S/c1-2-32-20-11-10-14-6-3-4-9-17(14)18(20)13-19-21(30)28-23(33)29(22(19)31)16-8-5-7-15(12-16)24(25,26)27/h3-13H,2H2,1H3,(H,28,30,33)/b19-13+. The summed E-state index contributed by atoms with van der Waals surface area (Å²) in [4.78, 5) is 26.9. The van der Waals surface area contributed by atoms with Crippen molar-refractivity contribution in [2.75, 3.05) is 11.5 Å².